The first-order valence-electron chi connectivity index (χ1n) is 8.46. The number of hydrogen-bond donors (Lipinski definition) is 1. The Morgan fingerprint density at radius 2 is 1.48 bits per heavy atom. The summed E-state index contributed by atoms with van der Waals surface area (Å²) >= 11 is 0. The Hall–Kier alpha value is -2.77. The number of amides is 3. The van der Waals surface area contributed by atoms with Crippen molar-refractivity contribution in [1.82, 2.24) is 18.9 Å². The van der Waals surface area contributed by atoms with Crippen LogP contribution in [0.3, 0.4) is 0 Å². The zero-order valence-electron chi connectivity index (χ0n) is 15.0. The smallest absolute Gasteiger partial charge is 0.331 e. The predicted molar refractivity (Wildman–Crippen MR) is 94.0 cm³/mol. The minimum Gasteiger partial charge on any atom is -0.493 e. The molecule has 0 spiro atoms. The number of aromatic nitrogens is 2. The van der Waals surface area contributed by atoms with Gasteiger partial charge in [0.05, 0.1) is 0 Å². The van der Waals surface area contributed by atoms with E-state index in [0.717, 1.165) is 0 Å². The van der Waals surface area contributed by atoms with Gasteiger partial charge in [-0.3, -0.25) is 23.7 Å². The molecule has 3 amide bonds. The molecule has 0 unspecified atom stereocenters. The zero-order chi connectivity index (χ0) is 18.7. The van der Waals surface area contributed by atoms with Crippen molar-refractivity contribution < 1.29 is 14.7 Å². The van der Waals surface area contributed by atoms with E-state index in [0.29, 0.717) is 31.9 Å². The van der Waals surface area contributed by atoms with E-state index in [-0.39, 0.29) is 29.2 Å². The van der Waals surface area contributed by atoms with Gasteiger partial charge in [0.25, 0.3) is 5.91 Å². The molecule has 136 valence electrons. The summed E-state index contributed by atoms with van der Waals surface area (Å²) in [5.74, 6) is -0.456. The maximum Gasteiger partial charge on any atom is 0.331 e. The fourth-order valence-corrected chi connectivity index (χ4v) is 2.92. The van der Waals surface area contributed by atoms with Crippen molar-refractivity contribution in [1.29, 1.82) is 0 Å². The number of imide groups is 1. The number of nitrogens with zero attached hydrogens (tertiary/aromatic N) is 4. The van der Waals surface area contributed by atoms with E-state index in [1.807, 2.05) is 6.92 Å². The van der Waals surface area contributed by atoms with E-state index in [2.05, 4.69) is 0 Å². The lowest BCUT2D eigenvalue weighted by atomic mass is 10.3. The Bertz CT molecular complexity index is 800. The van der Waals surface area contributed by atoms with Crippen LogP contribution in [0.15, 0.2) is 22.6 Å². The minimum absolute atomic E-state index is 0.111. The summed E-state index contributed by atoms with van der Waals surface area (Å²) in [6.45, 7) is 8.60. The second kappa shape index (κ2) is 7.42. The van der Waals surface area contributed by atoms with Crippen LogP contribution < -0.4 is 5.69 Å². The first kappa shape index (κ1) is 18.6. The maximum absolute atomic E-state index is 12.3. The van der Waals surface area contributed by atoms with Gasteiger partial charge >= 0.3 is 11.7 Å². The monoisotopic (exact) mass is 348 g/mol. The van der Waals surface area contributed by atoms with Crippen molar-refractivity contribution in [3.63, 3.8) is 0 Å². The second-order valence-electron chi connectivity index (χ2n) is 5.47. The Balaban J connectivity index is 2.40. The molecule has 1 saturated heterocycles. The molecule has 0 saturated carbocycles. The highest BCUT2D eigenvalue weighted by molar-refractivity contribution is 6.11. The molecule has 2 heterocycles. The third-order valence-corrected chi connectivity index (χ3v) is 4.23. The Kier molecular flexibility index (Phi) is 5.51. The number of carbonyl (C=O) groups is 2. The number of aromatic hydroxyl groups is 1. The summed E-state index contributed by atoms with van der Waals surface area (Å²) in [7, 11) is 0. The Labute approximate surface area is 146 Å². The van der Waals surface area contributed by atoms with Gasteiger partial charge in [-0.2, -0.15) is 0 Å². The standard InChI is InChI=1S/C17H24N4O4/c1-5-18-12(14(22)20(7-3)16(18)24)10-9-11-13-15(23)21(8-4)17(25)19(13)6-2/h9-11,22H,5-8H2,1-4H3. The van der Waals surface area contributed by atoms with E-state index in [4.69, 9.17) is 0 Å². The Morgan fingerprint density at radius 1 is 0.880 bits per heavy atom. The Morgan fingerprint density at radius 3 is 2.00 bits per heavy atom. The fraction of sp³-hybridized carbons (Fsp3) is 0.471. The summed E-state index contributed by atoms with van der Waals surface area (Å²) < 4.78 is 2.73. The van der Waals surface area contributed by atoms with Crippen LogP contribution in [0.4, 0.5) is 4.79 Å². The van der Waals surface area contributed by atoms with E-state index in [1.165, 1.54) is 25.0 Å². The van der Waals surface area contributed by atoms with Crippen molar-refractivity contribution in [2.24, 2.45) is 0 Å². The highest BCUT2D eigenvalue weighted by atomic mass is 16.3. The summed E-state index contributed by atoms with van der Waals surface area (Å²) in [6, 6.07) is -0.333. The molecule has 1 aliphatic heterocycles. The zero-order valence-corrected chi connectivity index (χ0v) is 15.0. The van der Waals surface area contributed by atoms with Crippen LogP contribution >= 0.6 is 0 Å². The van der Waals surface area contributed by atoms with Gasteiger partial charge in [0.1, 0.15) is 11.4 Å². The molecule has 0 aromatic carbocycles. The van der Waals surface area contributed by atoms with Crippen LogP contribution in [0.1, 0.15) is 33.4 Å². The molecule has 1 N–H and O–H groups in total. The lowest BCUT2D eigenvalue weighted by Crippen LogP contribution is -2.32. The fourth-order valence-electron chi connectivity index (χ4n) is 2.92. The quantitative estimate of drug-likeness (QED) is 0.625. The molecule has 8 heteroatoms. The third-order valence-electron chi connectivity index (χ3n) is 4.23. The lowest BCUT2D eigenvalue weighted by molar-refractivity contribution is -0.122. The number of hydrogen-bond acceptors (Lipinski definition) is 4. The molecule has 8 nitrogen and oxygen atoms in total. The molecule has 25 heavy (non-hydrogen) atoms. The molecule has 0 aliphatic carbocycles. The topological polar surface area (TPSA) is 87.8 Å². The highest BCUT2D eigenvalue weighted by Gasteiger charge is 2.38. The molecule has 0 atom stereocenters. The van der Waals surface area contributed by atoms with Gasteiger partial charge in [-0.1, -0.05) is 6.08 Å². The molecule has 1 aliphatic rings. The molecule has 1 aromatic heterocycles. The number of imidazole rings is 1. The number of allylic oxidation sites excluding steroid dienone is 2. The van der Waals surface area contributed by atoms with Crippen molar-refractivity contribution in [3.8, 4) is 5.88 Å². The molecular formula is C17H24N4O4. The molecule has 0 bridgehead atoms. The largest absolute Gasteiger partial charge is 0.493 e. The van der Waals surface area contributed by atoms with Gasteiger partial charge < -0.3 is 5.11 Å². The van der Waals surface area contributed by atoms with Crippen molar-refractivity contribution in [2.75, 3.05) is 13.1 Å². The van der Waals surface area contributed by atoms with Gasteiger partial charge in [-0.05, 0) is 39.8 Å². The summed E-state index contributed by atoms with van der Waals surface area (Å²) in [5, 5.41) is 10.2. The first-order chi connectivity index (χ1) is 11.9. The number of likely N-dealkylation sites (N-methyl/N-ethyl adjacent to an activating group) is 2. The molecule has 2 rings (SSSR count). The van der Waals surface area contributed by atoms with E-state index in [1.54, 1.807) is 32.9 Å². The minimum atomic E-state index is -0.345. The first-order valence-corrected chi connectivity index (χ1v) is 8.46. The summed E-state index contributed by atoms with van der Waals surface area (Å²) in [6.07, 6.45) is 4.68. The van der Waals surface area contributed by atoms with Gasteiger partial charge in [0, 0.05) is 26.2 Å². The van der Waals surface area contributed by atoms with Gasteiger partial charge in [-0.15, -0.1) is 0 Å². The van der Waals surface area contributed by atoms with Crippen molar-refractivity contribution >= 4 is 18.0 Å². The normalized spacial score (nSPS) is 16.9. The average molecular weight is 348 g/mol. The van der Waals surface area contributed by atoms with Crippen LogP contribution in [0, 0.1) is 0 Å². The molecular weight excluding hydrogens is 324 g/mol. The number of urea groups is 1. The summed E-state index contributed by atoms with van der Waals surface area (Å²) in [5.41, 5.74) is 0.373. The predicted octanol–water partition coefficient (Wildman–Crippen LogP) is 1.60. The van der Waals surface area contributed by atoms with Crippen LogP contribution in [-0.2, 0) is 17.9 Å². The molecule has 0 radical (unpaired) electrons. The number of carbonyl (C=O) groups excluding carboxylic acids is 2. The van der Waals surface area contributed by atoms with E-state index >= 15 is 0 Å². The van der Waals surface area contributed by atoms with Gasteiger partial charge in [0.2, 0.25) is 5.88 Å². The van der Waals surface area contributed by atoms with E-state index in [9.17, 15) is 19.5 Å². The molecule has 1 aromatic rings. The van der Waals surface area contributed by atoms with E-state index < -0.39 is 0 Å². The van der Waals surface area contributed by atoms with Gasteiger partial charge in [0.15, 0.2) is 0 Å². The lowest BCUT2D eigenvalue weighted by Gasteiger charge is -2.13. The van der Waals surface area contributed by atoms with Crippen LogP contribution in [0.2, 0.25) is 0 Å². The van der Waals surface area contributed by atoms with Gasteiger partial charge in [-0.25, -0.2) is 9.59 Å². The average Bonchev–Trinajstić information content (AvgIpc) is 2.97. The van der Waals surface area contributed by atoms with Crippen LogP contribution in [0.25, 0.3) is 6.08 Å². The second-order valence-corrected chi connectivity index (χ2v) is 5.47. The molecule has 1 fully saturated rings. The SMILES string of the molecule is CCN1C(=O)C(=CC=Cc2c(O)n(CC)c(=O)n2CC)N(CC)C1=O. The number of rotatable bonds is 6. The van der Waals surface area contributed by atoms with Crippen molar-refractivity contribution in [2.45, 2.75) is 40.8 Å². The summed E-state index contributed by atoms with van der Waals surface area (Å²) in [4.78, 5) is 39.2. The van der Waals surface area contributed by atoms with Crippen LogP contribution in [0.5, 0.6) is 5.88 Å². The third kappa shape index (κ3) is 2.99. The van der Waals surface area contributed by atoms with Crippen LogP contribution in [-0.4, -0.2) is 49.1 Å². The van der Waals surface area contributed by atoms with Crippen molar-refractivity contribution in [3.05, 3.63) is 34.0 Å². The highest BCUT2D eigenvalue weighted by Crippen LogP contribution is 2.22. The maximum atomic E-state index is 12.3.